The van der Waals surface area contributed by atoms with Crippen LogP contribution in [0.3, 0.4) is 0 Å². The third-order valence-corrected chi connectivity index (χ3v) is 9.60. The summed E-state index contributed by atoms with van der Waals surface area (Å²) in [7, 11) is 0. The molecule has 0 radical (unpaired) electrons. The van der Waals surface area contributed by atoms with Crippen LogP contribution < -0.4 is 0 Å². The van der Waals surface area contributed by atoms with Crippen molar-refractivity contribution in [3.05, 3.63) is 170 Å². The molecule has 10 aromatic rings. The lowest BCUT2D eigenvalue weighted by Gasteiger charge is -2.10. The molecule has 0 spiro atoms. The number of hydrogen-bond acceptors (Lipinski definition) is 3. The zero-order valence-corrected chi connectivity index (χ0v) is 27.0. The topological polar surface area (TPSA) is 59.4 Å². The van der Waals surface area contributed by atoms with Crippen molar-refractivity contribution in [2.45, 2.75) is 0 Å². The van der Waals surface area contributed by atoms with Gasteiger partial charge in [0.2, 0.25) is 0 Å². The summed E-state index contributed by atoms with van der Waals surface area (Å²) >= 11 is 0. The molecule has 0 saturated carbocycles. The molecule has 50 heavy (non-hydrogen) atoms. The van der Waals surface area contributed by atoms with E-state index in [0.29, 0.717) is 17.5 Å². The van der Waals surface area contributed by atoms with Gasteiger partial charge < -0.3 is 9.55 Å². The van der Waals surface area contributed by atoms with Gasteiger partial charge in [-0.05, 0) is 41.5 Å². The van der Waals surface area contributed by atoms with Crippen molar-refractivity contribution in [3.8, 4) is 51.0 Å². The van der Waals surface area contributed by atoms with E-state index in [1.165, 1.54) is 32.6 Å². The highest BCUT2D eigenvalue weighted by Gasteiger charge is 2.20. The lowest BCUT2D eigenvalue weighted by molar-refractivity contribution is 1.07. The number of hydrogen-bond donors (Lipinski definition) is 1. The molecule has 0 amide bonds. The first-order valence-corrected chi connectivity index (χ1v) is 16.8. The number of benzene rings is 7. The summed E-state index contributed by atoms with van der Waals surface area (Å²) in [6.45, 7) is 0. The van der Waals surface area contributed by atoms with Gasteiger partial charge in [0.1, 0.15) is 0 Å². The summed E-state index contributed by atoms with van der Waals surface area (Å²) in [4.78, 5) is 18.6. The SMILES string of the molecule is c1ccc(-c2nc(-c3ccccc3)nc(-c3ccc(-c4cccc5c4c4c6[nH]c7ccccc7c6ccc4n5-c4ccccc4)cc3)n2)cc1. The van der Waals surface area contributed by atoms with Crippen LogP contribution in [0.2, 0.25) is 0 Å². The average Bonchev–Trinajstić information content (AvgIpc) is 3.75. The third kappa shape index (κ3) is 4.52. The van der Waals surface area contributed by atoms with Crippen molar-refractivity contribution in [1.29, 1.82) is 0 Å². The molecule has 0 atom stereocenters. The number of H-pyrrole nitrogens is 1. The van der Waals surface area contributed by atoms with Crippen LogP contribution in [0.5, 0.6) is 0 Å². The smallest absolute Gasteiger partial charge is 0.164 e. The molecule has 1 N–H and O–H groups in total. The van der Waals surface area contributed by atoms with Crippen molar-refractivity contribution in [2.75, 3.05) is 0 Å². The lowest BCUT2D eigenvalue weighted by Crippen LogP contribution is -2.00. The van der Waals surface area contributed by atoms with E-state index in [-0.39, 0.29) is 0 Å². The molecule has 3 aromatic heterocycles. The molecule has 0 unspecified atom stereocenters. The molecule has 0 saturated heterocycles. The molecule has 3 heterocycles. The van der Waals surface area contributed by atoms with Crippen molar-refractivity contribution in [3.63, 3.8) is 0 Å². The van der Waals surface area contributed by atoms with E-state index in [1.54, 1.807) is 0 Å². The van der Waals surface area contributed by atoms with Crippen LogP contribution in [0.25, 0.3) is 94.6 Å². The van der Waals surface area contributed by atoms with Crippen LogP contribution in [-0.2, 0) is 0 Å². The number of rotatable bonds is 5. The highest BCUT2D eigenvalue weighted by atomic mass is 15.0. The van der Waals surface area contributed by atoms with E-state index in [4.69, 9.17) is 15.0 Å². The third-order valence-electron chi connectivity index (χ3n) is 9.60. The molecule has 5 nitrogen and oxygen atoms in total. The van der Waals surface area contributed by atoms with Gasteiger partial charge in [-0.25, -0.2) is 15.0 Å². The van der Waals surface area contributed by atoms with Gasteiger partial charge in [0.15, 0.2) is 17.5 Å². The summed E-state index contributed by atoms with van der Waals surface area (Å²) < 4.78 is 2.38. The summed E-state index contributed by atoms with van der Waals surface area (Å²) in [6, 6.07) is 59.2. The molecule has 5 heteroatoms. The number of para-hydroxylation sites is 2. The van der Waals surface area contributed by atoms with Gasteiger partial charge >= 0.3 is 0 Å². The molecule has 0 bridgehead atoms. The van der Waals surface area contributed by atoms with Gasteiger partial charge in [-0.3, -0.25) is 0 Å². The molecule has 234 valence electrons. The second-order valence-electron chi connectivity index (χ2n) is 12.5. The Kier molecular flexibility index (Phi) is 6.42. The Morgan fingerprint density at radius 3 is 1.58 bits per heavy atom. The van der Waals surface area contributed by atoms with Gasteiger partial charge in [-0.2, -0.15) is 0 Å². The Labute approximate surface area is 288 Å². The normalized spacial score (nSPS) is 11.6. The monoisotopic (exact) mass is 639 g/mol. The van der Waals surface area contributed by atoms with Crippen LogP contribution >= 0.6 is 0 Å². The fourth-order valence-electron chi connectivity index (χ4n) is 7.30. The van der Waals surface area contributed by atoms with Crippen LogP contribution in [0.1, 0.15) is 0 Å². The Hall–Kier alpha value is -6.85. The number of nitrogens with zero attached hydrogens (tertiary/aromatic N) is 4. The first-order chi connectivity index (χ1) is 24.8. The van der Waals surface area contributed by atoms with E-state index in [0.717, 1.165) is 44.5 Å². The van der Waals surface area contributed by atoms with Crippen molar-refractivity contribution in [2.24, 2.45) is 0 Å². The van der Waals surface area contributed by atoms with E-state index < -0.39 is 0 Å². The number of aromatic amines is 1. The largest absolute Gasteiger partial charge is 0.354 e. The van der Waals surface area contributed by atoms with Crippen LogP contribution in [0.4, 0.5) is 0 Å². The quantitative estimate of drug-likeness (QED) is 0.204. The maximum Gasteiger partial charge on any atom is 0.164 e. The summed E-state index contributed by atoms with van der Waals surface area (Å²) in [5.41, 5.74) is 10.9. The first kappa shape index (κ1) is 28.2. The Balaban J connectivity index is 1.18. The predicted molar refractivity (Wildman–Crippen MR) is 205 cm³/mol. The van der Waals surface area contributed by atoms with E-state index >= 15 is 0 Å². The highest BCUT2D eigenvalue weighted by molar-refractivity contribution is 6.27. The highest BCUT2D eigenvalue weighted by Crippen LogP contribution is 2.43. The van der Waals surface area contributed by atoms with E-state index in [2.05, 4.69) is 119 Å². The molecule has 0 fully saturated rings. The summed E-state index contributed by atoms with van der Waals surface area (Å²) in [6.07, 6.45) is 0. The van der Waals surface area contributed by atoms with Gasteiger partial charge in [0.25, 0.3) is 0 Å². The minimum atomic E-state index is 0.642. The second kappa shape index (κ2) is 11.4. The Bertz CT molecular complexity index is 2780. The minimum absolute atomic E-state index is 0.642. The molecule has 0 aliphatic heterocycles. The predicted octanol–water partition coefficient (Wildman–Crippen LogP) is 11.3. The number of aromatic nitrogens is 5. The van der Waals surface area contributed by atoms with Crippen LogP contribution in [0, 0.1) is 0 Å². The zero-order chi connectivity index (χ0) is 33.0. The van der Waals surface area contributed by atoms with Gasteiger partial charge in [0.05, 0.1) is 16.6 Å². The fraction of sp³-hybridized carbons (Fsp3) is 0. The molecule has 7 aromatic carbocycles. The van der Waals surface area contributed by atoms with E-state index in [1.807, 2.05) is 60.7 Å². The molecule has 0 aliphatic rings. The molecule has 10 rings (SSSR count). The number of nitrogens with one attached hydrogen (secondary N) is 1. The lowest BCUT2D eigenvalue weighted by atomic mass is 9.97. The van der Waals surface area contributed by atoms with Crippen molar-refractivity contribution < 1.29 is 0 Å². The number of fused-ring (bicyclic) bond motifs is 7. The maximum absolute atomic E-state index is 4.95. The van der Waals surface area contributed by atoms with Gasteiger partial charge in [-0.1, -0.05) is 140 Å². The fourth-order valence-corrected chi connectivity index (χ4v) is 7.30. The first-order valence-electron chi connectivity index (χ1n) is 16.8. The molecule has 0 aliphatic carbocycles. The van der Waals surface area contributed by atoms with Crippen LogP contribution in [-0.4, -0.2) is 24.5 Å². The summed E-state index contributed by atoms with van der Waals surface area (Å²) in [5, 5.41) is 4.89. The van der Waals surface area contributed by atoms with Crippen LogP contribution in [0.15, 0.2) is 170 Å². The zero-order valence-electron chi connectivity index (χ0n) is 27.0. The summed E-state index contributed by atoms with van der Waals surface area (Å²) in [5.74, 6) is 1.95. The average molecular weight is 640 g/mol. The Morgan fingerprint density at radius 2 is 0.920 bits per heavy atom. The maximum atomic E-state index is 4.95. The van der Waals surface area contributed by atoms with Crippen molar-refractivity contribution >= 4 is 43.6 Å². The minimum Gasteiger partial charge on any atom is -0.354 e. The van der Waals surface area contributed by atoms with Crippen molar-refractivity contribution in [1.82, 2.24) is 24.5 Å². The second-order valence-corrected chi connectivity index (χ2v) is 12.5. The molecular formula is C45H29N5. The van der Waals surface area contributed by atoms with Gasteiger partial charge in [-0.15, -0.1) is 0 Å². The standard InChI is InChI=1S/C45H29N5/c1-4-13-30(14-5-1)43-47-44(31-15-6-2-7-16-31)49-45(48-43)32-25-23-29(24-26-32)34-20-12-22-38-40(34)41-39(50(38)33-17-8-3-9-18-33)28-27-36-35-19-10-11-21-37(35)46-42(36)41/h1-28,46H. The Morgan fingerprint density at radius 1 is 0.380 bits per heavy atom. The van der Waals surface area contributed by atoms with Gasteiger partial charge in [0, 0.05) is 49.4 Å². The van der Waals surface area contributed by atoms with E-state index in [9.17, 15) is 0 Å². The molecular weight excluding hydrogens is 611 g/mol.